The fraction of sp³-hybridized carbons (Fsp3) is 0.111. The maximum atomic E-state index is 12.4. The number of ketones is 1. The van der Waals surface area contributed by atoms with Crippen LogP contribution in [-0.4, -0.2) is 12.9 Å². The fourth-order valence-electron chi connectivity index (χ4n) is 2.47. The Labute approximate surface area is 127 Å². The number of hydrogen-bond acceptors (Lipinski definition) is 4. The highest BCUT2D eigenvalue weighted by atomic mass is 16.5. The molecule has 4 nitrogen and oxygen atoms in total. The normalized spacial score (nSPS) is 10.6. The van der Waals surface area contributed by atoms with Crippen LogP contribution in [0, 0.1) is 6.92 Å². The van der Waals surface area contributed by atoms with Crippen molar-refractivity contribution in [2.24, 2.45) is 0 Å². The number of methoxy groups -OCH3 is 1. The summed E-state index contributed by atoms with van der Waals surface area (Å²) in [4.78, 5) is 24.3. The molecular weight excluding hydrogens is 280 g/mol. The lowest BCUT2D eigenvalue weighted by molar-refractivity contribution is 0.103. The average molecular weight is 294 g/mol. The van der Waals surface area contributed by atoms with E-state index < -0.39 is 5.63 Å². The number of carbonyl (C=O) groups is 1. The Morgan fingerprint density at radius 3 is 2.45 bits per heavy atom. The van der Waals surface area contributed by atoms with Gasteiger partial charge in [-0.25, -0.2) is 4.79 Å². The van der Waals surface area contributed by atoms with Gasteiger partial charge >= 0.3 is 5.63 Å². The molecule has 3 aromatic rings. The van der Waals surface area contributed by atoms with Crippen LogP contribution in [0.15, 0.2) is 57.7 Å². The monoisotopic (exact) mass is 294 g/mol. The van der Waals surface area contributed by atoms with E-state index in [0.717, 1.165) is 5.39 Å². The first kappa shape index (κ1) is 14.1. The molecule has 0 fully saturated rings. The van der Waals surface area contributed by atoms with E-state index in [1.54, 1.807) is 37.3 Å². The Morgan fingerprint density at radius 2 is 1.77 bits per heavy atom. The van der Waals surface area contributed by atoms with E-state index in [9.17, 15) is 9.59 Å². The van der Waals surface area contributed by atoms with Crippen molar-refractivity contribution in [1.29, 1.82) is 0 Å². The third kappa shape index (κ3) is 2.29. The van der Waals surface area contributed by atoms with Crippen LogP contribution in [-0.2, 0) is 0 Å². The van der Waals surface area contributed by atoms with Gasteiger partial charge in [0.1, 0.15) is 5.58 Å². The first-order valence-electron chi connectivity index (χ1n) is 6.83. The van der Waals surface area contributed by atoms with Gasteiger partial charge < -0.3 is 9.15 Å². The van der Waals surface area contributed by atoms with E-state index >= 15 is 0 Å². The first-order chi connectivity index (χ1) is 10.6. The van der Waals surface area contributed by atoms with E-state index in [2.05, 4.69) is 0 Å². The topological polar surface area (TPSA) is 56.5 Å². The van der Waals surface area contributed by atoms with Gasteiger partial charge in [0.2, 0.25) is 5.75 Å². The largest absolute Gasteiger partial charge is 0.490 e. The Morgan fingerprint density at radius 1 is 1.05 bits per heavy atom. The molecule has 2 aromatic carbocycles. The van der Waals surface area contributed by atoms with E-state index in [-0.39, 0.29) is 11.5 Å². The maximum absolute atomic E-state index is 12.4. The molecule has 22 heavy (non-hydrogen) atoms. The predicted octanol–water partition coefficient (Wildman–Crippen LogP) is 3.34. The second kappa shape index (κ2) is 5.48. The van der Waals surface area contributed by atoms with Crippen molar-refractivity contribution in [3.63, 3.8) is 0 Å². The minimum absolute atomic E-state index is 0.112. The fourth-order valence-corrected chi connectivity index (χ4v) is 2.47. The Balaban J connectivity index is 2.15. The van der Waals surface area contributed by atoms with Crippen LogP contribution < -0.4 is 10.4 Å². The zero-order valence-electron chi connectivity index (χ0n) is 12.3. The molecule has 110 valence electrons. The Bertz CT molecular complexity index is 908. The second-order valence-corrected chi connectivity index (χ2v) is 4.95. The summed E-state index contributed by atoms with van der Waals surface area (Å²) in [7, 11) is 1.43. The molecular formula is C18H14O4. The number of benzene rings is 2. The summed E-state index contributed by atoms with van der Waals surface area (Å²) < 4.78 is 10.3. The second-order valence-electron chi connectivity index (χ2n) is 4.95. The lowest BCUT2D eigenvalue weighted by atomic mass is 10.0. The van der Waals surface area contributed by atoms with Crippen LogP contribution in [0.2, 0.25) is 0 Å². The van der Waals surface area contributed by atoms with Crippen LogP contribution >= 0.6 is 0 Å². The molecule has 0 bridgehead atoms. The predicted molar refractivity (Wildman–Crippen MR) is 83.6 cm³/mol. The van der Waals surface area contributed by atoms with Crippen molar-refractivity contribution in [2.45, 2.75) is 6.92 Å². The third-order valence-corrected chi connectivity index (χ3v) is 3.62. The van der Waals surface area contributed by atoms with Crippen molar-refractivity contribution in [3.8, 4) is 5.75 Å². The molecule has 0 aliphatic heterocycles. The number of fused-ring (bicyclic) bond motifs is 1. The SMILES string of the molecule is COc1c(C)c2ccc(C(=O)c3ccccc3)cc2oc1=O. The Hall–Kier alpha value is -2.88. The van der Waals surface area contributed by atoms with Gasteiger partial charge in [-0.05, 0) is 13.0 Å². The number of aryl methyl sites for hydroxylation is 1. The standard InChI is InChI=1S/C18H14O4/c1-11-14-9-8-13(16(19)12-6-4-3-5-7-12)10-15(14)22-18(20)17(11)21-2/h3-10H,1-2H3. The summed E-state index contributed by atoms with van der Waals surface area (Å²) in [6.45, 7) is 1.79. The minimum atomic E-state index is -0.545. The highest BCUT2D eigenvalue weighted by molar-refractivity contribution is 6.10. The molecule has 0 N–H and O–H groups in total. The molecule has 0 saturated heterocycles. The van der Waals surface area contributed by atoms with Crippen LogP contribution in [0.5, 0.6) is 5.75 Å². The van der Waals surface area contributed by atoms with Crippen molar-refractivity contribution < 1.29 is 13.9 Å². The summed E-state index contributed by atoms with van der Waals surface area (Å²) in [5.41, 5.74) is 1.61. The van der Waals surface area contributed by atoms with Gasteiger partial charge in [-0.15, -0.1) is 0 Å². The molecule has 0 saturated carbocycles. The van der Waals surface area contributed by atoms with Gasteiger partial charge in [0.25, 0.3) is 0 Å². The van der Waals surface area contributed by atoms with Crippen molar-refractivity contribution in [3.05, 3.63) is 75.6 Å². The third-order valence-electron chi connectivity index (χ3n) is 3.62. The molecule has 4 heteroatoms. The van der Waals surface area contributed by atoms with Crippen molar-refractivity contribution >= 4 is 16.8 Å². The van der Waals surface area contributed by atoms with Crippen molar-refractivity contribution in [2.75, 3.05) is 7.11 Å². The highest BCUT2D eigenvalue weighted by Gasteiger charge is 2.14. The molecule has 0 aliphatic carbocycles. The van der Waals surface area contributed by atoms with E-state index in [0.29, 0.717) is 22.3 Å². The quantitative estimate of drug-likeness (QED) is 0.549. The van der Waals surface area contributed by atoms with E-state index in [1.807, 2.05) is 18.2 Å². The number of rotatable bonds is 3. The van der Waals surface area contributed by atoms with Crippen LogP contribution in [0.4, 0.5) is 0 Å². The molecule has 0 amide bonds. The van der Waals surface area contributed by atoms with Crippen LogP contribution in [0.25, 0.3) is 11.0 Å². The summed E-state index contributed by atoms with van der Waals surface area (Å²) in [6, 6.07) is 14.1. The first-order valence-corrected chi connectivity index (χ1v) is 6.83. The van der Waals surface area contributed by atoms with Gasteiger partial charge in [0.15, 0.2) is 5.78 Å². The molecule has 1 heterocycles. The number of hydrogen-bond donors (Lipinski definition) is 0. The van der Waals surface area contributed by atoms with Gasteiger partial charge in [-0.3, -0.25) is 4.79 Å². The summed E-state index contributed by atoms with van der Waals surface area (Å²) in [5, 5.41) is 0.751. The lowest BCUT2D eigenvalue weighted by Gasteiger charge is -2.07. The van der Waals surface area contributed by atoms with E-state index in [4.69, 9.17) is 9.15 Å². The summed E-state index contributed by atoms with van der Waals surface area (Å²) >= 11 is 0. The molecule has 0 atom stereocenters. The van der Waals surface area contributed by atoms with E-state index in [1.165, 1.54) is 7.11 Å². The summed E-state index contributed by atoms with van der Waals surface area (Å²) in [5.74, 6) is 0.0771. The van der Waals surface area contributed by atoms with Gasteiger partial charge in [-0.2, -0.15) is 0 Å². The molecule has 0 radical (unpaired) electrons. The molecule has 3 rings (SSSR count). The smallest absolute Gasteiger partial charge is 0.379 e. The number of carbonyl (C=O) groups excluding carboxylic acids is 1. The van der Waals surface area contributed by atoms with Crippen LogP contribution in [0.1, 0.15) is 21.5 Å². The zero-order chi connectivity index (χ0) is 15.7. The number of ether oxygens (including phenoxy) is 1. The Kier molecular flexibility index (Phi) is 3.51. The maximum Gasteiger partial charge on any atom is 0.379 e. The molecule has 1 aromatic heterocycles. The van der Waals surface area contributed by atoms with Crippen molar-refractivity contribution in [1.82, 2.24) is 0 Å². The molecule has 0 spiro atoms. The summed E-state index contributed by atoms with van der Waals surface area (Å²) in [6.07, 6.45) is 0. The molecule has 0 aliphatic rings. The lowest BCUT2D eigenvalue weighted by Crippen LogP contribution is -2.07. The zero-order valence-corrected chi connectivity index (χ0v) is 12.3. The van der Waals surface area contributed by atoms with Gasteiger partial charge in [0, 0.05) is 22.1 Å². The van der Waals surface area contributed by atoms with Crippen LogP contribution in [0.3, 0.4) is 0 Å². The van der Waals surface area contributed by atoms with Gasteiger partial charge in [-0.1, -0.05) is 42.5 Å². The molecule has 0 unspecified atom stereocenters. The highest BCUT2D eigenvalue weighted by Crippen LogP contribution is 2.25. The van der Waals surface area contributed by atoms with Gasteiger partial charge in [0.05, 0.1) is 7.11 Å². The average Bonchev–Trinajstić information content (AvgIpc) is 2.55. The minimum Gasteiger partial charge on any atom is -0.490 e.